The molecule has 0 aliphatic carbocycles. The first-order valence-electron chi connectivity index (χ1n) is 8.65. The molecule has 0 bridgehead atoms. The van der Waals surface area contributed by atoms with E-state index in [2.05, 4.69) is 20.3 Å². The van der Waals surface area contributed by atoms with Crippen LogP contribution in [0.4, 0.5) is 0 Å². The van der Waals surface area contributed by atoms with Gasteiger partial charge in [0.05, 0.1) is 19.7 Å². The van der Waals surface area contributed by atoms with Gasteiger partial charge < -0.3 is 24.3 Å². The van der Waals surface area contributed by atoms with Crippen molar-refractivity contribution in [2.75, 3.05) is 7.11 Å². The number of ether oxygens (including phenoxy) is 2. The number of aliphatic carboxylic acids is 1. The van der Waals surface area contributed by atoms with Gasteiger partial charge in [0.2, 0.25) is 11.7 Å². The second kappa shape index (κ2) is 9.74. The summed E-state index contributed by atoms with van der Waals surface area (Å²) in [5.74, 6) is -0.825. The Bertz CT molecular complexity index is 998. The Morgan fingerprint density at radius 3 is 2.73 bits per heavy atom. The topological polar surface area (TPSA) is 140 Å². The van der Waals surface area contributed by atoms with Gasteiger partial charge in [-0.05, 0) is 42.0 Å². The van der Waals surface area contributed by atoms with Crippen molar-refractivity contribution >= 4 is 41.0 Å². The highest BCUT2D eigenvalue weighted by Crippen LogP contribution is 2.22. The Hall–Kier alpha value is -3.60. The summed E-state index contributed by atoms with van der Waals surface area (Å²) in [4.78, 5) is 33.7. The molecule has 1 atom stereocenters. The van der Waals surface area contributed by atoms with Crippen molar-refractivity contribution in [3.05, 3.63) is 53.5 Å². The van der Waals surface area contributed by atoms with Crippen molar-refractivity contribution in [2.45, 2.75) is 18.3 Å². The quantitative estimate of drug-likeness (QED) is 0.368. The molecule has 1 aromatic carbocycles. The Kier molecular flexibility index (Phi) is 6.86. The maximum atomic E-state index is 11.6. The summed E-state index contributed by atoms with van der Waals surface area (Å²) in [6.45, 7) is 0.145. The van der Waals surface area contributed by atoms with Crippen LogP contribution in [0.2, 0.25) is 0 Å². The maximum absolute atomic E-state index is 11.6. The van der Waals surface area contributed by atoms with Crippen molar-refractivity contribution in [3.8, 4) is 5.75 Å². The van der Waals surface area contributed by atoms with Crippen LogP contribution in [0.15, 0.2) is 51.0 Å². The number of furan rings is 1. The summed E-state index contributed by atoms with van der Waals surface area (Å²) in [7, 11) is 1.27. The van der Waals surface area contributed by atoms with Crippen LogP contribution in [0.5, 0.6) is 5.75 Å². The number of carboxylic acid groups (broad SMARTS) is 1. The number of nitrogens with zero attached hydrogens (tertiary/aromatic N) is 2. The van der Waals surface area contributed by atoms with Crippen LogP contribution in [-0.2, 0) is 20.9 Å². The zero-order valence-electron chi connectivity index (χ0n) is 15.7. The van der Waals surface area contributed by atoms with Gasteiger partial charge in [-0.15, -0.1) is 5.10 Å². The van der Waals surface area contributed by atoms with E-state index >= 15 is 0 Å². The number of nitrogens with one attached hydrogen (secondary N) is 1. The van der Waals surface area contributed by atoms with Crippen molar-refractivity contribution < 1.29 is 33.4 Å². The van der Waals surface area contributed by atoms with E-state index in [-0.39, 0.29) is 24.0 Å². The lowest BCUT2D eigenvalue weighted by Crippen LogP contribution is -2.26. The monoisotopic (exact) mass is 431 g/mol. The molecule has 30 heavy (non-hydrogen) atoms. The summed E-state index contributed by atoms with van der Waals surface area (Å²) in [5.41, 5.74) is 0.745. The van der Waals surface area contributed by atoms with E-state index in [4.69, 9.17) is 14.3 Å². The van der Waals surface area contributed by atoms with Gasteiger partial charge in [-0.2, -0.15) is 5.10 Å². The Labute approximate surface area is 175 Å². The predicted molar refractivity (Wildman–Crippen MR) is 108 cm³/mol. The number of amides is 1. The molecule has 1 unspecified atom stereocenters. The van der Waals surface area contributed by atoms with E-state index in [0.717, 1.165) is 17.3 Å². The van der Waals surface area contributed by atoms with Gasteiger partial charge in [-0.1, -0.05) is 11.8 Å². The number of amidine groups is 1. The molecule has 2 aromatic rings. The van der Waals surface area contributed by atoms with E-state index < -0.39 is 23.1 Å². The Balaban J connectivity index is 1.51. The standard InChI is InChI=1S/C19H17N3O7S/c1-27-18(26)14-7-6-13(29-14)10-28-12-4-2-11(3-5-12)9-20-22-19-21-17(25)15(30-19)8-16(23)24/h2-7,9,15H,8,10H2,1H3,(H,23,24)(H,21,22,25). The predicted octanol–water partition coefficient (Wildman–Crippen LogP) is 2.04. The molecule has 1 aliphatic rings. The summed E-state index contributed by atoms with van der Waals surface area (Å²) in [5, 5.41) is 18.6. The minimum Gasteiger partial charge on any atom is -0.486 e. The summed E-state index contributed by atoms with van der Waals surface area (Å²) in [6.07, 6.45) is 1.21. The molecule has 3 rings (SSSR count). The van der Waals surface area contributed by atoms with Gasteiger partial charge >= 0.3 is 11.9 Å². The molecule has 1 fully saturated rings. The molecule has 156 valence electrons. The van der Waals surface area contributed by atoms with E-state index in [1.807, 2.05) is 0 Å². The first-order valence-corrected chi connectivity index (χ1v) is 9.53. The van der Waals surface area contributed by atoms with Crippen LogP contribution in [0, 0.1) is 0 Å². The second-order valence-electron chi connectivity index (χ2n) is 5.96. The summed E-state index contributed by atoms with van der Waals surface area (Å²) in [6, 6.07) is 10.1. The number of carbonyl (C=O) groups excluding carboxylic acids is 2. The van der Waals surface area contributed by atoms with Crippen molar-refractivity contribution in [3.63, 3.8) is 0 Å². The van der Waals surface area contributed by atoms with Gasteiger partial charge in [0.1, 0.15) is 23.4 Å². The molecule has 11 heteroatoms. The number of esters is 1. The van der Waals surface area contributed by atoms with Crippen LogP contribution in [-0.4, -0.2) is 46.7 Å². The number of methoxy groups -OCH3 is 1. The third kappa shape index (κ3) is 5.70. The Morgan fingerprint density at radius 2 is 2.03 bits per heavy atom. The van der Waals surface area contributed by atoms with Crippen molar-refractivity contribution in [2.24, 2.45) is 10.2 Å². The summed E-state index contributed by atoms with van der Waals surface area (Å²) >= 11 is 1.03. The normalized spacial score (nSPS) is 17.3. The molecular formula is C19H17N3O7S. The fraction of sp³-hybridized carbons (Fsp3) is 0.211. The third-order valence-electron chi connectivity index (χ3n) is 3.80. The first kappa shape index (κ1) is 21.1. The number of hydrogen-bond donors (Lipinski definition) is 2. The number of benzene rings is 1. The minimum atomic E-state index is -1.05. The average Bonchev–Trinajstić information content (AvgIpc) is 3.33. The summed E-state index contributed by atoms with van der Waals surface area (Å²) < 4.78 is 15.5. The minimum absolute atomic E-state index is 0.107. The van der Waals surface area contributed by atoms with Crippen LogP contribution in [0.3, 0.4) is 0 Å². The van der Waals surface area contributed by atoms with E-state index in [0.29, 0.717) is 11.5 Å². The molecule has 0 radical (unpaired) electrons. The van der Waals surface area contributed by atoms with E-state index in [9.17, 15) is 14.4 Å². The molecule has 0 saturated carbocycles. The largest absolute Gasteiger partial charge is 0.486 e. The molecule has 1 saturated heterocycles. The average molecular weight is 431 g/mol. The molecule has 1 aromatic heterocycles. The van der Waals surface area contributed by atoms with Crippen LogP contribution < -0.4 is 10.1 Å². The number of carboxylic acids is 1. The van der Waals surface area contributed by atoms with Crippen molar-refractivity contribution in [1.82, 2.24) is 5.32 Å². The zero-order valence-corrected chi connectivity index (χ0v) is 16.5. The zero-order chi connectivity index (χ0) is 21.5. The number of thioether (sulfide) groups is 1. The van der Waals surface area contributed by atoms with E-state index in [1.165, 1.54) is 19.4 Å². The van der Waals surface area contributed by atoms with Crippen LogP contribution >= 0.6 is 11.8 Å². The molecule has 1 aliphatic heterocycles. The molecule has 2 heterocycles. The first-order chi connectivity index (χ1) is 14.4. The van der Waals surface area contributed by atoms with E-state index in [1.54, 1.807) is 30.3 Å². The molecule has 2 N–H and O–H groups in total. The highest BCUT2D eigenvalue weighted by molar-refractivity contribution is 8.15. The molecule has 0 spiro atoms. The lowest BCUT2D eigenvalue weighted by molar-refractivity contribution is -0.138. The second-order valence-corrected chi connectivity index (χ2v) is 7.15. The maximum Gasteiger partial charge on any atom is 0.373 e. The van der Waals surface area contributed by atoms with Crippen LogP contribution in [0.25, 0.3) is 0 Å². The highest BCUT2D eigenvalue weighted by Gasteiger charge is 2.32. The van der Waals surface area contributed by atoms with Crippen LogP contribution in [0.1, 0.15) is 28.3 Å². The molecule has 10 nitrogen and oxygen atoms in total. The third-order valence-corrected chi connectivity index (χ3v) is 4.87. The van der Waals surface area contributed by atoms with Gasteiger partial charge in [-0.3, -0.25) is 9.59 Å². The highest BCUT2D eigenvalue weighted by atomic mass is 32.2. The SMILES string of the molecule is COC(=O)c1ccc(COc2ccc(C=NN=C3NC(=O)C(CC(=O)O)S3)cc2)o1. The lowest BCUT2D eigenvalue weighted by atomic mass is 10.2. The van der Waals surface area contributed by atoms with Gasteiger partial charge in [-0.25, -0.2) is 4.79 Å². The van der Waals surface area contributed by atoms with Crippen molar-refractivity contribution in [1.29, 1.82) is 0 Å². The molecular weight excluding hydrogens is 414 g/mol. The smallest absolute Gasteiger partial charge is 0.373 e. The number of hydrogen-bond acceptors (Lipinski definition) is 9. The lowest BCUT2D eigenvalue weighted by Gasteiger charge is -2.04. The Morgan fingerprint density at radius 1 is 1.27 bits per heavy atom. The van der Waals surface area contributed by atoms with Gasteiger partial charge in [0.15, 0.2) is 5.17 Å². The molecule has 1 amide bonds. The fourth-order valence-electron chi connectivity index (χ4n) is 2.36. The van der Waals surface area contributed by atoms with Gasteiger partial charge in [0, 0.05) is 0 Å². The number of rotatable bonds is 8. The number of carbonyl (C=O) groups is 3. The fourth-order valence-corrected chi connectivity index (χ4v) is 3.28. The van der Waals surface area contributed by atoms with Gasteiger partial charge in [0.25, 0.3) is 0 Å².